The molecule has 202 valence electrons. The third kappa shape index (κ3) is 3.83. The number of rotatable bonds is 6. The second-order valence-electron chi connectivity index (χ2n) is 10.7. The fourth-order valence-electron chi connectivity index (χ4n) is 6.50. The Bertz CT molecular complexity index is 1190. The predicted molar refractivity (Wildman–Crippen MR) is 136 cm³/mol. The van der Waals surface area contributed by atoms with Gasteiger partial charge in [-0.15, -0.1) is 0 Å². The Morgan fingerprint density at radius 1 is 1.22 bits per heavy atom. The third-order valence-electron chi connectivity index (χ3n) is 8.19. The minimum atomic E-state index is -2.66. The molecule has 2 saturated carbocycles. The van der Waals surface area contributed by atoms with Crippen LogP contribution in [-0.2, 0) is 27.3 Å². The monoisotopic (exact) mass is 516 g/mol. The van der Waals surface area contributed by atoms with E-state index in [1.165, 1.54) is 0 Å². The molecule has 0 spiro atoms. The molecule has 0 bridgehead atoms. The van der Waals surface area contributed by atoms with Gasteiger partial charge in [0.25, 0.3) is 0 Å². The molecule has 1 aromatic carbocycles. The van der Waals surface area contributed by atoms with Gasteiger partial charge in [0.15, 0.2) is 11.4 Å². The van der Waals surface area contributed by atoms with E-state index in [1.807, 2.05) is 32.0 Å². The number of phenols is 1. The lowest BCUT2D eigenvalue weighted by Gasteiger charge is -2.53. The molecule has 0 heterocycles. The van der Waals surface area contributed by atoms with Crippen LogP contribution < -0.4 is 16.0 Å². The number of hydrogen-bond acceptors (Lipinski definition) is 10. The maximum atomic E-state index is 13.9. The summed E-state index contributed by atoms with van der Waals surface area (Å²) >= 11 is 0. The number of benzene rings is 1. The molecule has 1 aromatic rings. The fourth-order valence-corrected chi connectivity index (χ4v) is 6.50. The van der Waals surface area contributed by atoms with Crippen LogP contribution in [0.25, 0.3) is 5.76 Å². The van der Waals surface area contributed by atoms with Crippen LogP contribution >= 0.6 is 0 Å². The summed E-state index contributed by atoms with van der Waals surface area (Å²) in [5.41, 5.74) is 4.62. The van der Waals surface area contributed by atoms with Gasteiger partial charge in [-0.05, 0) is 51.0 Å². The summed E-state index contributed by atoms with van der Waals surface area (Å²) in [7, 11) is 6.93. The topological polar surface area (TPSA) is 177 Å². The van der Waals surface area contributed by atoms with Gasteiger partial charge in [0.05, 0.1) is 11.7 Å². The number of nitrogens with one attached hydrogen (secondary N) is 1. The van der Waals surface area contributed by atoms with Gasteiger partial charge in [-0.1, -0.05) is 6.92 Å². The van der Waals surface area contributed by atoms with Crippen LogP contribution in [0.1, 0.15) is 30.0 Å². The highest BCUT2D eigenvalue weighted by Crippen LogP contribution is 2.53. The van der Waals surface area contributed by atoms with Gasteiger partial charge in [-0.3, -0.25) is 14.4 Å². The number of fused-ring (bicyclic) bond motifs is 3. The van der Waals surface area contributed by atoms with E-state index in [9.17, 15) is 34.8 Å². The summed E-state index contributed by atoms with van der Waals surface area (Å²) in [4.78, 5) is 42.9. The van der Waals surface area contributed by atoms with E-state index in [-0.39, 0.29) is 29.7 Å². The molecule has 2 unspecified atom stereocenters. The molecule has 7 N–H and O–H groups in total. The molecule has 11 heteroatoms. The average Bonchev–Trinajstić information content (AvgIpc) is 2.80. The van der Waals surface area contributed by atoms with Crippen LogP contribution in [0.15, 0.2) is 11.6 Å². The van der Waals surface area contributed by atoms with Gasteiger partial charge in [0, 0.05) is 49.4 Å². The van der Waals surface area contributed by atoms with Crippen molar-refractivity contribution < 1.29 is 34.8 Å². The summed E-state index contributed by atoms with van der Waals surface area (Å²) in [6, 6.07) is 0.919. The molecule has 2 fully saturated rings. The van der Waals surface area contributed by atoms with Crippen molar-refractivity contribution in [3.63, 3.8) is 0 Å². The number of aliphatic hydroxyl groups excluding tert-OH is 2. The normalized spacial score (nSPS) is 31.2. The van der Waals surface area contributed by atoms with E-state index in [0.717, 1.165) is 5.69 Å². The standard InChI is InChI=1S/C26H36N4O7/c1-6-28-10-12-9-15(29(2)3)13-7-11-8-14-19(30(4)5)22(33)18(25(27)36)24(35)26(14,37)23(34)16(11)21(32)17(13)20(12)31/h9,11,14,18-19,22,28,31-33,37H,6-8,10H2,1-5H3,(H2,27,36)/t11-,14-,18?,19-,22?,26-/m0/s1. The lowest BCUT2D eigenvalue weighted by molar-refractivity contribution is -0.184. The highest BCUT2D eigenvalue weighted by Gasteiger charge is 2.67. The molecular formula is C26H36N4O7. The summed E-state index contributed by atoms with van der Waals surface area (Å²) in [6.45, 7) is 2.89. The van der Waals surface area contributed by atoms with E-state index < -0.39 is 58.7 Å². The Hall–Kier alpha value is -2.99. The molecule has 0 radical (unpaired) electrons. The number of likely N-dealkylation sites (N-methyl/N-ethyl adjacent to an activating group) is 1. The van der Waals surface area contributed by atoms with Crippen LogP contribution in [0.2, 0.25) is 0 Å². The third-order valence-corrected chi connectivity index (χ3v) is 8.19. The van der Waals surface area contributed by atoms with Crippen LogP contribution in [0.3, 0.4) is 0 Å². The Morgan fingerprint density at radius 3 is 2.41 bits per heavy atom. The summed E-state index contributed by atoms with van der Waals surface area (Å²) in [5.74, 6) is -7.40. The van der Waals surface area contributed by atoms with Crippen molar-refractivity contribution in [2.75, 3.05) is 39.6 Å². The zero-order chi connectivity index (χ0) is 27.6. The Labute approximate surface area is 215 Å². The maximum Gasteiger partial charge on any atom is 0.230 e. The van der Waals surface area contributed by atoms with Crippen molar-refractivity contribution >= 4 is 28.9 Å². The summed E-state index contributed by atoms with van der Waals surface area (Å²) in [6.07, 6.45) is -1.16. The van der Waals surface area contributed by atoms with Crippen LogP contribution in [0, 0.1) is 17.8 Å². The molecule has 37 heavy (non-hydrogen) atoms. The smallest absolute Gasteiger partial charge is 0.230 e. The number of primary amides is 1. The average molecular weight is 517 g/mol. The maximum absolute atomic E-state index is 13.9. The molecule has 0 aliphatic heterocycles. The molecule has 4 rings (SSSR count). The van der Waals surface area contributed by atoms with Crippen molar-refractivity contribution in [2.24, 2.45) is 23.5 Å². The van der Waals surface area contributed by atoms with Crippen molar-refractivity contribution in [1.82, 2.24) is 10.2 Å². The summed E-state index contributed by atoms with van der Waals surface area (Å²) < 4.78 is 0. The number of nitrogens with zero attached hydrogens (tertiary/aromatic N) is 2. The zero-order valence-electron chi connectivity index (χ0n) is 21.8. The molecule has 3 aliphatic carbocycles. The molecule has 1 amide bonds. The number of aromatic hydroxyl groups is 1. The van der Waals surface area contributed by atoms with Crippen LogP contribution in [0.5, 0.6) is 5.75 Å². The number of aliphatic hydroxyl groups is 3. The summed E-state index contributed by atoms with van der Waals surface area (Å²) in [5, 5.41) is 48.4. The number of carbonyl (C=O) groups is 3. The first-order valence-electron chi connectivity index (χ1n) is 12.4. The predicted octanol–water partition coefficient (Wildman–Crippen LogP) is -0.695. The van der Waals surface area contributed by atoms with Crippen molar-refractivity contribution in [1.29, 1.82) is 0 Å². The van der Waals surface area contributed by atoms with Gasteiger partial charge in [-0.25, -0.2) is 0 Å². The van der Waals surface area contributed by atoms with E-state index in [2.05, 4.69) is 5.32 Å². The van der Waals surface area contributed by atoms with Crippen molar-refractivity contribution in [2.45, 2.75) is 44.1 Å². The molecule has 3 aliphatic rings. The van der Waals surface area contributed by atoms with E-state index in [4.69, 9.17) is 5.73 Å². The Kier molecular flexibility index (Phi) is 6.87. The van der Waals surface area contributed by atoms with E-state index >= 15 is 0 Å². The Balaban J connectivity index is 1.94. The number of ketones is 2. The van der Waals surface area contributed by atoms with E-state index in [0.29, 0.717) is 24.2 Å². The number of Topliss-reactive ketones (excluding diaryl/α,β-unsaturated/α-hetero) is 2. The number of hydrogen-bond donors (Lipinski definition) is 6. The molecular weight excluding hydrogens is 480 g/mol. The highest BCUT2D eigenvalue weighted by molar-refractivity contribution is 6.25. The number of carbonyl (C=O) groups excluding carboxylic acids is 3. The SMILES string of the molecule is CCNCc1cc(N(C)C)c2c(c1O)C(O)=C1C(=O)[C@]3(O)C(=O)C(C(N)=O)C(O)[C@@H](N(C)C)[C@@H]3C[C@@H]1C2. The fraction of sp³-hybridized carbons (Fsp3) is 0.577. The quantitative estimate of drug-likeness (QED) is 0.265. The van der Waals surface area contributed by atoms with Crippen molar-refractivity contribution in [3.8, 4) is 5.75 Å². The number of amides is 1. The van der Waals surface area contributed by atoms with Crippen LogP contribution in [-0.4, -0.2) is 95.3 Å². The van der Waals surface area contributed by atoms with Gasteiger partial charge in [-0.2, -0.15) is 0 Å². The van der Waals surface area contributed by atoms with E-state index in [1.54, 1.807) is 19.0 Å². The number of phenolic OH excluding ortho intramolecular Hbond substituents is 1. The number of anilines is 1. The van der Waals surface area contributed by atoms with Crippen molar-refractivity contribution in [3.05, 3.63) is 28.3 Å². The second kappa shape index (κ2) is 9.39. The second-order valence-corrected chi connectivity index (χ2v) is 10.7. The first-order valence-corrected chi connectivity index (χ1v) is 12.4. The zero-order valence-corrected chi connectivity index (χ0v) is 21.8. The lowest BCUT2D eigenvalue weighted by atomic mass is 9.54. The first-order chi connectivity index (χ1) is 17.3. The molecule has 6 atom stereocenters. The first kappa shape index (κ1) is 27.1. The lowest BCUT2D eigenvalue weighted by Crippen LogP contribution is -2.73. The van der Waals surface area contributed by atoms with Gasteiger partial charge in [0.1, 0.15) is 17.4 Å². The molecule has 0 saturated heterocycles. The minimum Gasteiger partial charge on any atom is -0.507 e. The minimum absolute atomic E-state index is 0.0883. The van der Waals surface area contributed by atoms with Crippen LogP contribution in [0.4, 0.5) is 5.69 Å². The van der Waals surface area contributed by atoms with Gasteiger partial charge in [0.2, 0.25) is 11.7 Å². The molecule has 11 nitrogen and oxygen atoms in total. The highest BCUT2D eigenvalue weighted by atomic mass is 16.3. The Morgan fingerprint density at radius 2 is 1.86 bits per heavy atom. The van der Waals surface area contributed by atoms with Gasteiger partial charge >= 0.3 is 0 Å². The van der Waals surface area contributed by atoms with Gasteiger partial charge < -0.3 is 41.3 Å². The number of nitrogens with two attached hydrogens (primary N) is 1. The largest absolute Gasteiger partial charge is 0.507 e. The molecule has 0 aromatic heterocycles.